The normalized spacial score (nSPS) is 17.8. The molecule has 3 rings (SSSR count). The Morgan fingerprint density at radius 1 is 1.12 bits per heavy atom. The van der Waals surface area contributed by atoms with Gasteiger partial charge in [0.15, 0.2) is 0 Å². The summed E-state index contributed by atoms with van der Waals surface area (Å²) < 4.78 is 0. The van der Waals surface area contributed by atoms with Gasteiger partial charge >= 0.3 is 0 Å². The second kappa shape index (κ2) is 7.63. The van der Waals surface area contributed by atoms with E-state index in [0.29, 0.717) is 6.54 Å². The van der Waals surface area contributed by atoms with E-state index in [-0.39, 0.29) is 11.9 Å². The van der Waals surface area contributed by atoms with Crippen LogP contribution in [0.25, 0.3) is 0 Å². The summed E-state index contributed by atoms with van der Waals surface area (Å²) in [4.78, 5) is 17.2. The number of hydrogen-bond acceptors (Lipinski definition) is 2. The summed E-state index contributed by atoms with van der Waals surface area (Å²) in [5.41, 5.74) is 3.74. The van der Waals surface area contributed by atoms with E-state index >= 15 is 0 Å². The lowest BCUT2D eigenvalue weighted by atomic mass is 10.1. The van der Waals surface area contributed by atoms with E-state index in [4.69, 9.17) is 0 Å². The van der Waals surface area contributed by atoms with Gasteiger partial charge in [0, 0.05) is 20.1 Å². The summed E-state index contributed by atoms with van der Waals surface area (Å²) in [6.45, 7) is 4.64. The molecule has 126 valence electrons. The molecule has 0 aromatic heterocycles. The Labute approximate surface area is 144 Å². The first-order chi connectivity index (χ1) is 11.6. The maximum absolute atomic E-state index is 12.9. The van der Waals surface area contributed by atoms with Crippen molar-refractivity contribution in [3.63, 3.8) is 0 Å². The van der Waals surface area contributed by atoms with Gasteiger partial charge in [-0.2, -0.15) is 0 Å². The molecule has 1 saturated heterocycles. The molecule has 3 nitrogen and oxygen atoms in total. The number of carbonyl (C=O) groups excluding carboxylic acids is 1. The standard InChI is InChI=1S/C21H26N2O/c1-17-9-6-7-12-19(17)16-22(2)21(24)20-13-8-14-23(20)15-18-10-4-3-5-11-18/h3-7,9-12,20H,8,13-16H2,1-2H3/t20-/m0/s1. The van der Waals surface area contributed by atoms with Crippen LogP contribution < -0.4 is 0 Å². The molecule has 0 N–H and O–H groups in total. The quantitative estimate of drug-likeness (QED) is 0.839. The second-order valence-corrected chi connectivity index (χ2v) is 6.73. The first-order valence-electron chi connectivity index (χ1n) is 8.72. The van der Waals surface area contributed by atoms with Crippen LogP contribution in [0.1, 0.15) is 29.5 Å². The van der Waals surface area contributed by atoms with Gasteiger partial charge in [0.2, 0.25) is 5.91 Å². The predicted octanol–water partition coefficient (Wildman–Crippen LogP) is 3.62. The smallest absolute Gasteiger partial charge is 0.239 e. The second-order valence-electron chi connectivity index (χ2n) is 6.73. The van der Waals surface area contributed by atoms with Crippen molar-refractivity contribution in [1.82, 2.24) is 9.80 Å². The Morgan fingerprint density at radius 3 is 2.58 bits per heavy atom. The van der Waals surface area contributed by atoms with E-state index < -0.39 is 0 Å². The molecule has 1 heterocycles. The first-order valence-corrected chi connectivity index (χ1v) is 8.72. The highest BCUT2D eigenvalue weighted by Crippen LogP contribution is 2.22. The molecule has 2 aromatic carbocycles. The number of benzene rings is 2. The topological polar surface area (TPSA) is 23.6 Å². The van der Waals surface area contributed by atoms with Gasteiger partial charge in [-0.15, -0.1) is 0 Å². The summed E-state index contributed by atoms with van der Waals surface area (Å²) >= 11 is 0. The van der Waals surface area contributed by atoms with E-state index in [2.05, 4.69) is 48.2 Å². The van der Waals surface area contributed by atoms with Crippen molar-refractivity contribution in [3.05, 3.63) is 71.3 Å². The van der Waals surface area contributed by atoms with Crippen molar-refractivity contribution < 1.29 is 4.79 Å². The SMILES string of the molecule is Cc1ccccc1CN(C)C(=O)[C@@H]1CCCN1Cc1ccccc1. The fourth-order valence-electron chi connectivity index (χ4n) is 3.49. The number of likely N-dealkylation sites (tertiary alicyclic amines) is 1. The fraction of sp³-hybridized carbons (Fsp3) is 0.381. The van der Waals surface area contributed by atoms with Gasteiger partial charge in [0.25, 0.3) is 0 Å². The van der Waals surface area contributed by atoms with Crippen LogP contribution in [0.3, 0.4) is 0 Å². The molecule has 24 heavy (non-hydrogen) atoms. The predicted molar refractivity (Wildman–Crippen MR) is 97.5 cm³/mol. The van der Waals surface area contributed by atoms with Crippen LogP contribution in [0.2, 0.25) is 0 Å². The van der Waals surface area contributed by atoms with Crippen molar-refractivity contribution in [2.24, 2.45) is 0 Å². The van der Waals surface area contributed by atoms with E-state index in [1.54, 1.807) is 0 Å². The molecule has 1 atom stereocenters. The average molecular weight is 322 g/mol. The molecular weight excluding hydrogens is 296 g/mol. The number of aryl methyl sites for hydroxylation is 1. The molecule has 0 aliphatic carbocycles. The van der Waals surface area contributed by atoms with E-state index in [1.807, 2.05) is 30.1 Å². The zero-order chi connectivity index (χ0) is 16.9. The van der Waals surface area contributed by atoms with Crippen LogP contribution in [0, 0.1) is 6.92 Å². The molecule has 0 spiro atoms. The monoisotopic (exact) mass is 322 g/mol. The third-order valence-electron chi connectivity index (χ3n) is 4.92. The molecule has 0 saturated carbocycles. The van der Waals surface area contributed by atoms with Gasteiger partial charge in [-0.05, 0) is 43.0 Å². The van der Waals surface area contributed by atoms with Crippen molar-refractivity contribution in [2.75, 3.05) is 13.6 Å². The number of carbonyl (C=O) groups is 1. The molecular formula is C21H26N2O. The fourth-order valence-corrected chi connectivity index (χ4v) is 3.49. The minimum Gasteiger partial charge on any atom is -0.340 e. The minimum absolute atomic E-state index is 0.0132. The lowest BCUT2D eigenvalue weighted by Crippen LogP contribution is -2.43. The highest BCUT2D eigenvalue weighted by Gasteiger charge is 2.32. The van der Waals surface area contributed by atoms with Crippen molar-refractivity contribution in [3.8, 4) is 0 Å². The van der Waals surface area contributed by atoms with Gasteiger partial charge in [0.05, 0.1) is 6.04 Å². The van der Waals surface area contributed by atoms with Gasteiger partial charge in [-0.25, -0.2) is 0 Å². The molecule has 1 fully saturated rings. The molecule has 2 aromatic rings. The zero-order valence-electron chi connectivity index (χ0n) is 14.6. The van der Waals surface area contributed by atoms with Crippen molar-refractivity contribution in [2.45, 2.75) is 38.9 Å². The van der Waals surface area contributed by atoms with E-state index in [9.17, 15) is 4.79 Å². The van der Waals surface area contributed by atoms with E-state index in [1.165, 1.54) is 16.7 Å². The summed E-state index contributed by atoms with van der Waals surface area (Å²) in [5, 5.41) is 0. The van der Waals surface area contributed by atoms with Crippen LogP contribution >= 0.6 is 0 Å². The lowest BCUT2D eigenvalue weighted by Gasteiger charge is -2.28. The Bertz CT molecular complexity index is 683. The third kappa shape index (κ3) is 3.85. The molecule has 1 amide bonds. The molecule has 0 unspecified atom stereocenters. The maximum atomic E-state index is 12.9. The number of rotatable bonds is 5. The van der Waals surface area contributed by atoms with Crippen molar-refractivity contribution >= 4 is 5.91 Å². The van der Waals surface area contributed by atoms with E-state index in [0.717, 1.165) is 25.9 Å². The molecule has 1 aliphatic heterocycles. The van der Waals surface area contributed by atoms with Gasteiger partial charge in [-0.1, -0.05) is 54.6 Å². The highest BCUT2D eigenvalue weighted by atomic mass is 16.2. The Balaban J connectivity index is 1.65. The number of amides is 1. The summed E-state index contributed by atoms with van der Waals surface area (Å²) in [7, 11) is 1.92. The van der Waals surface area contributed by atoms with Crippen LogP contribution in [-0.4, -0.2) is 35.3 Å². The lowest BCUT2D eigenvalue weighted by molar-refractivity contribution is -0.135. The highest BCUT2D eigenvalue weighted by molar-refractivity contribution is 5.82. The molecule has 0 radical (unpaired) electrons. The Kier molecular flexibility index (Phi) is 5.31. The molecule has 0 bridgehead atoms. The van der Waals surface area contributed by atoms with Gasteiger partial charge < -0.3 is 4.90 Å². The maximum Gasteiger partial charge on any atom is 0.239 e. The summed E-state index contributed by atoms with van der Waals surface area (Å²) in [6.07, 6.45) is 2.06. The van der Waals surface area contributed by atoms with Crippen molar-refractivity contribution in [1.29, 1.82) is 0 Å². The van der Waals surface area contributed by atoms with Gasteiger partial charge in [0.1, 0.15) is 0 Å². The van der Waals surface area contributed by atoms with Gasteiger partial charge in [-0.3, -0.25) is 9.69 Å². The Hall–Kier alpha value is -2.13. The number of nitrogens with zero attached hydrogens (tertiary/aromatic N) is 2. The minimum atomic E-state index is 0.0132. The zero-order valence-corrected chi connectivity index (χ0v) is 14.6. The molecule has 1 aliphatic rings. The first kappa shape index (κ1) is 16.7. The Morgan fingerprint density at radius 2 is 1.83 bits per heavy atom. The number of hydrogen-bond donors (Lipinski definition) is 0. The summed E-state index contributed by atoms with van der Waals surface area (Å²) in [5.74, 6) is 0.242. The largest absolute Gasteiger partial charge is 0.340 e. The molecule has 3 heteroatoms. The summed E-state index contributed by atoms with van der Waals surface area (Å²) in [6, 6.07) is 18.7. The number of likely N-dealkylation sites (N-methyl/N-ethyl adjacent to an activating group) is 1. The van der Waals surface area contributed by atoms with Crippen LogP contribution in [0.4, 0.5) is 0 Å². The average Bonchev–Trinajstić information content (AvgIpc) is 3.05. The van der Waals surface area contributed by atoms with Crippen LogP contribution in [0.15, 0.2) is 54.6 Å². The third-order valence-corrected chi connectivity index (χ3v) is 4.92. The van der Waals surface area contributed by atoms with Crippen LogP contribution in [-0.2, 0) is 17.9 Å². The van der Waals surface area contributed by atoms with Crippen LogP contribution in [0.5, 0.6) is 0 Å².